The Bertz CT molecular complexity index is 391. The molecule has 1 saturated heterocycles. The Morgan fingerprint density at radius 1 is 1.58 bits per heavy atom. The zero-order valence-corrected chi connectivity index (χ0v) is 12.2. The van der Waals surface area contributed by atoms with Crippen LogP contribution < -0.4 is 10.2 Å². The van der Waals surface area contributed by atoms with E-state index in [1.807, 2.05) is 19.3 Å². The number of rotatable bonds is 5. The second-order valence-electron chi connectivity index (χ2n) is 5.39. The minimum absolute atomic E-state index is 0.314. The molecule has 0 aliphatic carbocycles. The van der Waals surface area contributed by atoms with Crippen molar-refractivity contribution in [2.24, 2.45) is 5.92 Å². The normalized spacial score (nSPS) is 21.1. The van der Waals surface area contributed by atoms with Crippen LogP contribution in [0.25, 0.3) is 0 Å². The molecule has 1 N–H and O–H groups in total. The lowest BCUT2D eigenvalue weighted by atomic mass is 10.0. The molecule has 106 valence electrons. The zero-order chi connectivity index (χ0) is 13.7. The number of aromatic nitrogens is 1. The van der Waals surface area contributed by atoms with Crippen LogP contribution in [0, 0.1) is 5.92 Å². The number of hydrogen-bond acceptors (Lipinski definition) is 4. The van der Waals surface area contributed by atoms with E-state index in [9.17, 15) is 0 Å². The van der Waals surface area contributed by atoms with Gasteiger partial charge in [-0.1, -0.05) is 6.07 Å². The lowest BCUT2D eigenvalue weighted by Gasteiger charge is -2.29. The first-order chi connectivity index (χ1) is 9.22. The van der Waals surface area contributed by atoms with E-state index in [2.05, 4.69) is 35.2 Å². The van der Waals surface area contributed by atoms with Crippen LogP contribution in [0.4, 0.5) is 5.82 Å². The fraction of sp³-hybridized carbons (Fsp3) is 0.667. The Labute approximate surface area is 116 Å². The molecule has 1 aliphatic rings. The maximum absolute atomic E-state index is 5.56. The quantitative estimate of drug-likeness (QED) is 0.884. The molecule has 19 heavy (non-hydrogen) atoms. The summed E-state index contributed by atoms with van der Waals surface area (Å²) in [7, 11) is 4.11. The molecule has 0 saturated carbocycles. The summed E-state index contributed by atoms with van der Waals surface area (Å²) in [6, 6.07) is 4.47. The molecule has 0 aromatic carbocycles. The van der Waals surface area contributed by atoms with E-state index in [0.29, 0.717) is 12.0 Å². The Balaban J connectivity index is 2.07. The van der Waals surface area contributed by atoms with Gasteiger partial charge in [0.2, 0.25) is 0 Å². The molecule has 2 unspecified atom stereocenters. The van der Waals surface area contributed by atoms with Gasteiger partial charge in [-0.15, -0.1) is 0 Å². The van der Waals surface area contributed by atoms with Crippen molar-refractivity contribution in [3.05, 3.63) is 23.9 Å². The Hall–Kier alpha value is -1.13. The van der Waals surface area contributed by atoms with Crippen molar-refractivity contribution in [3.63, 3.8) is 0 Å². The van der Waals surface area contributed by atoms with E-state index < -0.39 is 0 Å². The first-order valence-electron chi connectivity index (χ1n) is 7.13. The van der Waals surface area contributed by atoms with Crippen molar-refractivity contribution in [3.8, 4) is 0 Å². The van der Waals surface area contributed by atoms with E-state index in [0.717, 1.165) is 25.6 Å². The molecule has 0 bridgehead atoms. The molecular formula is C15H25N3O. The van der Waals surface area contributed by atoms with Gasteiger partial charge in [0, 0.05) is 38.0 Å². The predicted molar refractivity (Wildman–Crippen MR) is 78.5 cm³/mol. The monoisotopic (exact) mass is 263 g/mol. The highest BCUT2D eigenvalue weighted by atomic mass is 16.5. The maximum Gasteiger partial charge on any atom is 0.133 e. The largest absolute Gasteiger partial charge is 0.381 e. The molecule has 2 heterocycles. The van der Waals surface area contributed by atoms with Crippen LogP contribution in [0.15, 0.2) is 18.3 Å². The molecule has 0 radical (unpaired) electrons. The van der Waals surface area contributed by atoms with Crippen LogP contribution in [0.1, 0.15) is 31.4 Å². The smallest absolute Gasteiger partial charge is 0.133 e. The molecule has 1 aromatic heterocycles. The number of hydrogen-bond donors (Lipinski definition) is 1. The van der Waals surface area contributed by atoms with Crippen molar-refractivity contribution < 1.29 is 4.74 Å². The number of anilines is 1. The zero-order valence-electron chi connectivity index (χ0n) is 12.2. The van der Waals surface area contributed by atoms with E-state index >= 15 is 0 Å². The summed E-state index contributed by atoms with van der Waals surface area (Å²) in [5, 5.41) is 3.29. The highest BCUT2D eigenvalue weighted by Crippen LogP contribution is 2.24. The summed E-state index contributed by atoms with van der Waals surface area (Å²) in [5.74, 6) is 1.70. The second-order valence-corrected chi connectivity index (χ2v) is 5.39. The highest BCUT2D eigenvalue weighted by Gasteiger charge is 2.19. The lowest BCUT2D eigenvalue weighted by molar-refractivity contribution is 0.0576. The molecule has 0 amide bonds. The second kappa shape index (κ2) is 6.87. The van der Waals surface area contributed by atoms with Crippen molar-refractivity contribution in [2.75, 3.05) is 38.8 Å². The van der Waals surface area contributed by atoms with Crippen molar-refractivity contribution in [1.29, 1.82) is 0 Å². The Morgan fingerprint density at radius 2 is 2.42 bits per heavy atom. The summed E-state index contributed by atoms with van der Waals surface area (Å²) < 4.78 is 5.56. The first-order valence-corrected chi connectivity index (χ1v) is 7.13. The number of nitrogens with zero attached hydrogens (tertiary/aromatic N) is 2. The number of nitrogens with one attached hydrogen (secondary N) is 1. The average molecular weight is 263 g/mol. The van der Waals surface area contributed by atoms with Gasteiger partial charge in [0.1, 0.15) is 5.82 Å². The molecule has 1 aliphatic heterocycles. The van der Waals surface area contributed by atoms with E-state index in [1.54, 1.807) is 0 Å². The van der Waals surface area contributed by atoms with Crippen molar-refractivity contribution in [1.82, 2.24) is 10.3 Å². The molecule has 2 atom stereocenters. The van der Waals surface area contributed by atoms with Crippen LogP contribution in [0.5, 0.6) is 0 Å². The molecule has 0 spiro atoms. The van der Waals surface area contributed by atoms with E-state index in [-0.39, 0.29) is 0 Å². The fourth-order valence-electron chi connectivity index (χ4n) is 2.65. The van der Waals surface area contributed by atoms with Crippen molar-refractivity contribution in [2.45, 2.75) is 25.8 Å². The Kier molecular flexibility index (Phi) is 5.16. The molecule has 4 nitrogen and oxygen atoms in total. The summed E-state index contributed by atoms with van der Waals surface area (Å²) in [6.45, 7) is 4.98. The van der Waals surface area contributed by atoms with Crippen LogP contribution in [0.2, 0.25) is 0 Å². The van der Waals surface area contributed by atoms with Gasteiger partial charge >= 0.3 is 0 Å². The van der Waals surface area contributed by atoms with Gasteiger partial charge < -0.3 is 15.0 Å². The van der Waals surface area contributed by atoms with Crippen LogP contribution in [0.3, 0.4) is 0 Å². The van der Waals surface area contributed by atoms with Crippen LogP contribution in [-0.2, 0) is 4.74 Å². The van der Waals surface area contributed by atoms with E-state index in [1.165, 1.54) is 18.4 Å². The summed E-state index contributed by atoms with van der Waals surface area (Å²) in [6.07, 6.45) is 4.31. The van der Waals surface area contributed by atoms with Gasteiger partial charge in [-0.3, -0.25) is 0 Å². The minimum Gasteiger partial charge on any atom is -0.381 e. The topological polar surface area (TPSA) is 37.4 Å². The van der Waals surface area contributed by atoms with Gasteiger partial charge in [-0.05, 0) is 38.8 Å². The number of ether oxygens (including phenoxy) is 1. The van der Waals surface area contributed by atoms with Gasteiger partial charge in [0.25, 0.3) is 0 Å². The van der Waals surface area contributed by atoms with Gasteiger partial charge in [-0.2, -0.15) is 0 Å². The van der Waals surface area contributed by atoms with Gasteiger partial charge in [-0.25, -0.2) is 4.98 Å². The fourth-order valence-corrected chi connectivity index (χ4v) is 2.65. The SMILES string of the molecule is CNC(C)c1cccnc1N(C)CC1CCCOC1. The highest BCUT2D eigenvalue weighted by molar-refractivity contribution is 5.47. The molecule has 4 heteroatoms. The molecule has 2 rings (SSSR count). The standard InChI is InChI=1S/C15H25N3O/c1-12(16-2)14-7-4-8-17-15(14)18(3)10-13-6-5-9-19-11-13/h4,7-8,12-13,16H,5-6,9-11H2,1-3H3. The summed E-state index contributed by atoms with van der Waals surface area (Å²) in [5.41, 5.74) is 1.25. The molecule has 1 fully saturated rings. The van der Waals surface area contributed by atoms with Crippen molar-refractivity contribution >= 4 is 5.82 Å². The summed E-state index contributed by atoms with van der Waals surface area (Å²) in [4.78, 5) is 6.82. The van der Waals surface area contributed by atoms with Crippen LogP contribution >= 0.6 is 0 Å². The lowest BCUT2D eigenvalue weighted by Crippen LogP contribution is -2.32. The average Bonchev–Trinajstić information content (AvgIpc) is 2.47. The van der Waals surface area contributed by atoms with Crippen LogP contribution in [-0.4, -0.2) is 38.8 Å². The number of pyridine rings is 1. The maximum atomic E-state index is 5.56. The molecule has 1 aromatic rings. The summed E-state index contributed by atoms with van der Waals surface area (Å²) >= 11 is 0. The van der Waals surface area contributed by atoms with E-state index in [4.69, 9.17) is 4.74 Å². The first kappa shape index (κ1) is 14.3. The minimum atomic E-state index is 0.314. The van der Waals surface area contributed by atoms with Gasteiger partial charge in [0.05, 0.1) is 6.61 Å². The molecular weight excluding hydrogens is 238 g/mol. The third kappa shape index (κ3) is 3.67. The Morgan fingerprint density at radius 3 is 3.11 bits per heavy atom. The van der Waals surface area contributed by atoms with Gasteiger partial charge in [0.15, 0.2) is 0 Å². The predicted octanol–water partition coefficient (Wildman–Crippen LogP) is 2.22. The third-order valence-electron chi connectivity index (χ3n) is 3.86. The third-order valence-corrected chi connectivity index (χ3v) is 3.86.